The van der Waals surface area contributed by atoms with Gasteiger partial charge in [-0.15, -0.1) is 5.10 Å². The van der Waals surface area contributed by atoms with E-state index in [1.807, 2.05) is 0 Å². The fraction of sp³-hybridized carbons (Fsp3) is 0.800. The molecule has 1 unspecified atom stereocenters. The van der Waals surface area contributed by atoms with Crippen LogP contribution in [0.4, 0.5) is 11.9 Å². The molecule has 90 valence electrons. The van der Waals surface area contributed by atoms with E-state index < -0.39 is 0 Å². The SMILES string of the molecule is CC(CNc1n[nH]c(N)n1)N1CCCCC1. The van der Waals surface area contributed by atoms with Gasteiger partial charge in [-0.05, 0) is 32.9 Å². The Bertz CT molecular complexity index is 317. The number of nitrogens with two attached hydrogens (primary N) is 1. The first-order valence-electron chi connectivity index (χ1n) is 5.91. The number of aromatic nitrogens is 3. The molecule has 1 aromatic rings. The minimum atomic E-state index is 0.355. The van der Waals surface area contributed by atoms with Crippen LogP contribution in [-0.2, 0) is 0 Å². The summed E-state index contributed by atoms with van der Waals surface area (Å²) < 4.78 is 0. The first-order chi connectivity index (χ1) is 7.75. The summed E-state index contributed by atoms with van der Waals surface area (Å²) in [5, 5.41) is 9.74. The fourth-order valence-corrected chi connectivity index (χ4v) is 2.08. The second kappa shape index (κ2) is 5.16. The molecule has 16 heavy (non-hydrogen) atoms. The lowest BCUT2D eigenvalue weighted by molar-refractivity contribution is 0.180. The average molecular weight is 224 g/mol. The second-order valence-corrected chi connectivity index (χ2v) is 4.37. The van der Waals surface area contributed by atoms with Gasteiger partial charge in [0.2, 0.25) is 11.9 Å². The maximum absolute atomic E-state index is 5.45. The average Bonchev–Trinajstić information content (AvgIpc) is 2.73. The second-order valence-electron chi connectivity index (χ2n) is 4.37. The van der Waals surface area contributed by atoms with Gasteiger partial charge in [-0.3, -0.25) is 4.90 Å². The van der Waals surface area contributed by atoms with Crippen molar-refractivity contribution in [2.75, 3.05) is 30.7 Å². The van der Waals surface area contributed by atoms with Crippen molar-refractivity contribution in [2.45, 2.75) is 32.2 Å². The van der Waals surface area contributed by atoms with Crippen LogP contribution in [0.15, 0.2) is 0 Å². The number of nitrogens with zero attached hydrogens (tertiary/aromatic N) is 3. The highest BCUT2D eigenvalue weighted by atomic mass is 15.3. The zero-order valence-corrected chi connectivity index (χ0v) is 9.74. The first-order valence-corrected chi connectivity index (χ1v) is 5.91. The number of likely N-dealkylation sites (tertiary alicyclic amines) is 1. The molecule has 0 saturated carbocycles. The van der Waals surface area contributed by atoms with Crippen LogP contribution in [-0.4, -0.2) is 45.8 Å². The molecule has 0 radical (unpaired) electrons. The van der Waals surface area contributed by atoms with Gasteiger partial charge < -0.3 is 11.1 Å². The van der Waals surface area contributed by atoms with Gasteiger partial charge in [-0.1, -0.05) is 6.42 Å². The van der Waals surface area contributed by atoms with Gasteiger partial charge >= 0.3 is 0 Å². The van der Waals surface area contributed by atoms with Crippen LogP contribution in [0.2, 0.25) is 0 Å². The number of rotatable bonds is 4. The Kier molecular flexibility index (Phi) is 3.61. The van der Waals surface area contributed by atoms with E-state index in [-0.39, 0.29) is 0 Å². The summed E-state index contributed by atoms with van der Waals surface area (Å²) in [6, 6.07) is 0.514. The molecule has 1 aliphatic rings. The lowest BCUT2D eigenvalue weighted by Crippen LogP contribution is -2.41. The monoisotopic (exact) mass is 224 g/mol. The van der Waals surface area contributed by atoms with Crippen LogP contribution >= 0.6 is 0 Å². The standard InChI is InChI=1S/C10H20N6/c1-8(16-5-3-2-4-6-16)7-12-10-13-9(11)14-15-10/h8H,2-7H2,1H3,(H4,11,12,13,14,15). The Morgan fingerprint density at radius 3 is 2.81 bits per heavy atom. The number of nitrogen functional groups attached to an aromatic ring is 1. The van der Waals surface area contributed by atoms with Gasteiger partial charge in [0.25, 0.3) is 0 Å². The van der Waals surface area contributed by atoms with Crippen LogP contribution in [0.25, 0.3) is 0 Å². The predicted molar refractivity (Wildman–Crippen MR) is 64.2 cm³/mol. The Hall–Kier alpha value is -1.30. The topological polar surface area (TPSA) is 82.9 Å². The van der Waals surface area contributed by atoms with Gasteiger partial charge in [0, 0.05) is 12.6 Å². The number of aromatic amines is 1. The van der Waals surface area contributed by atoms with Crippen molar-refractivity contribution in [2.24, 2.45) is 0 Å². The summed E-state index contributed by atoms with van der Waals surface area (Å²) in [5.74, 6) is 0.939. The molecule has 0 aliphatic carbocycles. The molecular formula is C10H20N6. The minimum Gasteiger partial charge on any atom is -0.368 e. The molecule has 4 N–H and O–H groups in total. The van der Waals surface area contributed by atoms with Gasteiger partial charge in [-0.25, -0.2) is 5.10 Å². The van der Waals surface area contributed by atoms with Crippen LogP contribution in [0.3, 0.4) is 0 Å². The predicted octanol–water partition coefficient (Wildman–Crippen LogP) is 0.673. The number of hydrogen-bond acceptors (Lipinski definition) is 5. The summed E-state index contributed by atoms with van der Waals surface area (Å²) in [5.41, 5.74) is 5.45. The van der Waals surface area contributed by atoms with Crippen molar-refractivity contribution in [3.05, 3.63) is 0 Å². The van der Waals surface area contributed by atoms with Crippen LogP contribution < -0.4 is 11.1 Å². The molecule has 1 aliphatic heterocycles. The number of nitrogens with one attached hydrogen (secondary N) is 2. The van der Waals surface area contributed by atoms with Crippen molar-refractivity contribution in [3.8, 4) is 0 Å². The largest absolute Gasteiger partial charge is 0.368 e. The molecule has 0 bridgehead atoms. The molecule has 2 heterocycles. The first kappa shape index (κ1) is 11.2. The molecule has 0 amide bonds. The van der Waals surface area contributed by atoms with Gasteiger partial charge in [-0.2, -0.15) is 4.98 Å². The zero-order chi connectivity index (χ0) is 11.4. The Morgan fingerprint density at radius 1 is 1.44 bits per heavy atom. The van der Waals surface area contributed by atoms with E-state index in [1.54, 1.807) is 0 Å². The molecule has 1 saturated heterocycles. The molecule has 6 nitrogen and oxygen atoms in total. The quantitative estimate of drug-likeness (QED) is 0.700. The van der Waals surface area contributed by atoms with Crippen molar-refractivity contribution >= 4 is 11.9 Å². The number of anilines is 2. The molecule has 1 fully saturated rings. The van der Waals surface area contributed by atoms with E-state index >= 15 is 0 Å². The van der Waals surface area contributed by atoms with Crippen LogP contribution in [0, 0.1) is 0 Å². The van der Waals surface area contributed by atoms with Crippen molar-refractivity contribution < 1.29 is 0 Å². The normalized spacial score (nSPS) is 19.6. The van der Waals surface area contributed by atoms with Crippen molar-refractivity contribution in [1.82, 2.24) is 20.1 Å². The Balaban J connectivity index is 1.76. The van der Waals surface area contributed by atoms with Crippen molar-refractivity contribution in [1.29, 1.82) is 0 Å². The Morgan fingerprint density at radius 2 is 2.19 bits per heavy atom. The molecule has 0 spiro atoms. The van der Waals surface area contributed by atoms with Crippen molar-refractivity contribution in [3.63, 3.8) is 0 Å². The summed E-state index contributed by atoms with van der Waals surface area (Å²) in [4.78, 5) is 6.52. The summed E-state index contributed by atoms with van der Waals surface area (Å²) in [6.07, 6.45) is 4.00. The van der Waals surface area contributed by atoms with E-state index in [0.717, 1.165) is 6.54 Å². The smallest absolute Gasteiger partial charge is 0.243 e. The summed E-state index contributed by atoms with van der Waals surface area (Å²) in [7, 11) is 0. The minimum absolute atomic E-state index is 0.355. The molecule has 2 rings (SSSR count). The molecule has 6 heteroatoms. The lowest BCUT2D eigenvalue weighted by atomic mass is 10.1. The van der Waals surface area contributed by atoms with Gasteiger partial charge in [0.15, 0.2) is 0 Å². The highest BCUT2D eigenvalue weighted by Gasteiger charge is 2.16. The Labute approximate surface area is 95.6 Å². The third-order valence-corrected chi connectivity index (χ3v) is 3.07. The molecular weight excluding hydrogens is 204 g/mol. The van der Waals surface area contributed by atoms with Gasteiger partial charge in [0.1, 0.15) is 0 Å². The van der Waals surface area contributed by atoms with E-state index in [1.165, 1.54) is 32.4 Å². The van der Waals surface area contributed by atoms with Gasteiger partial charge in [0.05, 0.1) is 0 Å². The van der Waals surface area contributed by atoms with E-state index in [9.17, 15) is 0 Å². The number of piperidine rings is 1. The highest BCUT2D eigenvalue weighted by Crippen LogP contribution is 2.12. The maximum atomic E-state index is 5.45. The molecule has 1 atom stereocenters. The molecule has 1 aromatic heterocycles. The van der Waals surface area contributed by atoms with E-state index in [4.69, 9.17) is 5.73 Å². The third-order valence-electron chi connectivity index (χ3n) is 3.07. The number of hydrogen-bond donors (Lipinski definition) is 3. The maximum Gasteiger partial charge on any atom is 0.243 e. The lowest BCUT2D eigenvalue weighted by Gasteiger charge is -2.32. The van der Waals surface area contributed by atoms with Crippen LogP contribution in [0.5, 0.6) is 0 Å². The zero-order valence-electron chi connectivity index (χ0n) is 9.74. The summed E-state index contributed by atoms with van der Waals surface area (Å²) in [6.45, 7) is 5.50. The molecule has 0 aromatic carbocycles. The highest BCUT2D eigenvalue weighted by molar-refractivity contribution is 5.29. The fourth-order valence-electron chi connectivity index (χ4n) is 2.08. The van der Waals surface area contributed by atoms with E-state index in [2.05, 4.69) is 32.3 Å². The third kappa shape index (κ3) is 2.85. The summed E-state index contributed by atoms with van der Waals surface area (Å²) >= 11 is 0. The number of H-pyrrole nitrogens is 1. The van der Waals surface area contributed by atoms with E-state index in [0.29, 0.717) is 17.9 Å². The van der Waals surface area contributed by atoms with Crippen LogP contribution in [0.1, 0.15) is 26.2 Å².